The highest BCUT2D eigenvalue weighted by atomic mass is 14.7. The standard InChI is InChI=1S/C45H30N2/c1-45(2)38-26-37(29-11-9-12-30(25-29)39-23-22-28-21-20-27-13-10-24-46-43(27)44(28)47-39)33-16-4-6-17-34(33)40(38)41-35-18-7-3-14-31(35)32-15-5-8-19-36(32)42(41)45/h3-26H,1-2H3. The number of nitrogens with zero attached hydrogens (tertiary/aromatic N) is 2. The highest BCUT2D eigenvalue weighted by molar-refractivity contribution is 6.22. The number of rotatable bonds is 2. The molecule has 0 amide bonds. The Hall–Kier alpha value is -5.86. The number of hydrogen-bond donors (Lipinski definition) is 0. The van der Waals surface area contributed by atoms with Crippen LogP contribution >= 0.6 is 0 Å². The lowest BCUT2D eigenvalue weighted by atomic mass is 9.78. The Balaban J connectivity index is 1.22. The minimum absolute atomic E-state index is 0.182. The molecule has 1 aliphatic rings. The van der Waals surface area contributed by atoms with E-state index in [9.17, 15) is 0 Å². The SMILES string of the molecule is CC1(C)c2cc(-c3cccc(-c4ccc5ccc6cccnc6c5n4)c3)c3ccccc3c2-c2c1c1ccccc1c1ccccc21. The van der Waals surface area contributed by atoms with Gasteiger partial charge in [-0.25, -0.2) is 4.98 Å². The molecule has 10 rings (SSSR count). The fourth-order valence-corrected chi connectivity index (χ4v) is 8.29. The normalized spacial score (nSPS) is 13.5. The summed E-state index contributed by atoms with van der Waals surface area (Å²) >= 11 is 0. The lowest BCUT2D eigenvalue weighted by Crippen LogP contribution is -2.16. The van der Waals surface area contributed by atoms with Gasteiger partial charge in [-0.2, -0.15) is 0 Å². The topological polar surface area (TPSA) is 25.8 Å². The Kier molecular flexibility index (Phi) is 5.37. The number of pyridine rings is 2. The third-order valence-corrected chi connectivity index (χ3v) is 10.4. The van der Waals surface area contributed by atoms with Gasteiger partial charge in [0.05, 0.1) is 16.7 Å². The second-order valence-electron chi connectivity index (χ2n) is 13.3. The van der Waals surface area contributed by atoms with Crippen molar-refractivity contribution in [2.75, 3.05) is 0 Å². The van der Waals surface area contributed by atoms with Crippen LogP contribution in [0.3, 0.4) is 0 Å². The molecule has 1 aliphatic carbocycles. The summed E-state index contributed by atoms with van der Waals surface area (Å²) in [6, 6.07) is 50.9. The van der Waals surface area contributed by atoms with E-state index in [0.717, 1.165) is 33.1 Å². The maximum absolute atomic E-state index is 5.17. The lowest BCUT2D eigenvalue weighted by molar-refractivity contribution is 0.667. The summed E-state index contributed by atoms with van der Waals surface area (Å²) in [6.07, 6.45) is 1.85. The smallest absolute Gasteiger partial charge is 0.0972 e. The first-order valence-electron chi connectivity index (χ1n) is 16.3. The number of benzene rings is 7. The van der Waals surface area contributed by atoms with Gasteiger partial charge < -0.3 is 0 Å². The summed E-state index contributed by atoms with van der Waals surface area (Å²) in [4.78, 5) is 9.86. The zero-order valence-electron chi connectivity index (χ0n) is 26.3. The van der Waals surface area contributed by atoms with Crippen molar-refractivity contribution in [3.63, 3.8) is 0 Å². The van der Waals surface area contributed by atoms with Gasteiger partial charge >= 0.3 is 0 Å². The van der Waals surface area contributed by atoms with Crippen LogP contribution in [0.5, 0.6) is 0 Å². The molecule has 0 fully saturated rings. The Labute approximate surface area is 273 Å². The van der Waals surface area contributed by atoms with E-state index in [1.165, 1.54) is 65.7 Å². The van der Waals surface area contributed by atoms with Crippen LogP contribution in [0.4, 0.5) is 0 Å². The fourth-order valence-electron chi connectivity index (χ4n) is 8.29. The first kappa shape index (κ1) is 26.4. The monoisotopic (exact) mass is 598 g/mol. The van der Waals surface area contributed by atoms with Crippen molar-refractivity contribution >= 4 is 54.1 Å². The van der Waals surface area contributed by atoms with Crippen molar-refractivity contribution in [2.24, 2.45) is 0 Å². The van der Waals surface area contributed by atoms with Gasteiger partial charge in [0.25, 0.3) is 0 Å². The number of hydrogen-bond acceptors (Lipinski definition) is 2. The summed E-state index contributed by atoms with van der Waals surface area (Å²) in [5.41, 5.74) is 11.8. The first-order chi connectivity index (χ1) is 23.1. The fraction of sp³-hybridized carbons (Fsp3) is 0.0667. The van der Waals surface area contributed by atoms with Gasteiger partial charge in [0, 0.05) is 27.9 Å². The van der Waals surface area contributed by atoms with E-state index in [4.69, 9.17) is 4.98 Å². The molecule has 220 valence electrons. The molecule has 9 aromatic rings. The van der Waals surface area contributed by atoms with Crippen LogP contribution in [0, 0.1) is 0 Å². The molecular weight excluding hydrogens is 569 g/mol. The Morgan fingerprint density at radius 2 is 1.09 bits per heavy atom. The molecule has 0 unspecified atom stereocenters. The molecule has 0 saturated carbocycles. The van der Waals surface area contributed by atoms with E-state index < -0.39 is 0 Å². The van der Waals surface area contributed by atoms with Crippen molar-refractivity contribution in [3.05, 3.63) is 157 Å². The van der Waals surface area contributed by atoms with Crippen molar-refractivity contribution in [1.82, 2.24) is 9.97 Å². The van der Waals surface area contributed by atoms with Crippen LogP contribution in [-0.4, -0.2) is 9.97 Å². The molecule has 7 aromatic carbocycles. The summed E-state index contributed by atoms with van der Waals surface area (Å²) in [7, 11) is 0. The molecule has 2 aromatic heterocycles. The van der Waals surface area contributed by atoms with Crippen molar-refractivity contribution in [1.29, 1.82) is 0 Å². The Morgan fingerprint density at radius 3 is 1.87 bits per heavy atom. The van der Waals surface area contributed by atoms with Crippen LogP contribution in [0.15, 0.2) is 146 Å². The minimum atomic E-state index is -0.182. The van der Waals surface area contributed by atoms with Crippen LogP contribution in [0.2, 0.25) is 0 Å². The molecule has 0 radical (unpaired) electrons. The lowest BCUT2D eigenvalue weighted by Gasteiger charge is -2.25. The van der Waals surface area contributed by atoms with Crippen molar-refractivity contribution in [2.45, 2.75) is 19.3 Å². The molecular formula is C45H30N2. The minimum Gasteiger partial charge on any atom is -0.254 e. The first-order valence-corrected chi connectivity index (χ1v) is 16.3. The predicted octanol–water partition coefficient (Wildman–Crippen LogP) is 11.9. The molecule has 47 heavy (non-hydrogen) atoms. The molecule has 2 heterocycles. The summed E-state index contributed by atoms with van der Waals surface area (Å²) < 4.78 is 0. The van der Waals surface area contributed by atoms with E-state index in [-0.39, 0.29) is 5.41 Å². The van der Waals surface area contributed by atoms with E-state index in [1.54, 1.807) is 0 Å². The molecule has 0 spiro atoms. The van der Waals surface area contributed by atoms with E-state index in [1.807, 2.05) is 12.3 Å². The van der Waals surface area contributed by atoms with Gasteiger partial charge in [-0.05, 0) is 90.0 Å². The van der Waals surface area contributed by atoms with Crippen molar-refractivity contribution < 1.29 is 0 Å². The summed E-state index contributed by atoms with van der Waals surface area (Å²) in [5.74, 6) is 0. The maximum Gasteiger partial charge on any atom is 0.0972 e. The summed E-state index contributed by atoms with van der Waals surface area (Å²) in [5, 5.41) is 10.1. The highest BCUT2D eigenvalue weighted by Gasteiger charge is 2.40. The molecule has 2 nitrogen and oxygen atoms in total. The third-order valence-electron chi connectivity index (χ3n) is 10.4. The maximum atomic E-state index is 5.17. The molecule has 2 heteroatoms. The highest BCUT2D eigenvalue weighted by Crippen LogP contribution is 2.57. The van der Waals surface area contributed by atoms with Crippen molar-refractivity contribution in [3.8, 4) is 33.5 Å². The molecule has 0 atom stereocenters. The van der Waals surface area contributed by atoms with Crippen LogP contribution in [-0.2, 0) is 5.41 Å². The van der Waals surface area contributed by atoms with Gasteiger partial charge in [-0.3, -0.25) is 4.98 Å². The van der Waals surface area contributed by atoms with Gasteiger partial charge in [-0.1, -0.05) is 129 Å². The van der Waals surface area contributed by atoms with Crippen LogP contribution in [0.1, 0.15) is 25.0 Å². The second-order valence-corrected chi connectivity index (χ2v) is 13.3. The largest absolute Gasteiger partial charge is 0.254 e. The van der Waals surface area contributed by atoms with E-state index in [0.29, 0.717) is 0 Å². The molecule has 0 bridgehead atoms. The van der Waals surface area contributed by atoms with Gasteiger partial charge in [0.2, 0.25) is 0 Å². The van der Waals surface area contributed by atoms with Gasteiger partial charge in [0.1, 0.15) is 0 Å². The Morgan fingerprint density at radius 1 is 0.468 bits per heavy atom. The molecule has 0 saturated heterocycles. The quantitative estimate of drug-likeness (QED) is 0.185. The van der Waals surface area contributed by atoms with Gasteiger partial charge in [0.15, 0.2) is 0 Å². The zero-order chi connectivity index (χ0) is 31.3. The predicted molar refractivity (Wildman–Crippen MR) is 198 cm³/mol. The van der Waals surface area contributed by atoms with Gasteiger partial charge in [-0.15, -0.1) is 0 Å². The van der Waals surface area contributed by atoms with E-state index in [2.05, 4.69) is 152 Å². The van der Waals surface area contributed by atoms with Crippen LogP contribution in [0.25, 0.3) is 87.6 Å². The number of aromatic nitrogens is 2. The number of fused-ring (bicyclic) bond motifs is 13. The molecule has 0 aliphatic heterocycles. The summed E-state index contributed by atoms with van der Waals surface area (Å²) in [6.45, 7) is 4.82. The second kappa shape index (κ2) is 9.57. The average Bonchev–Trinajstić information content (AvgIpc) is 3.38. The van der Waals surface area contributed by atoms with E-state index >= 15 is 0 Å². The third kappa shape index (κ3) is 3.67. The Bertz CT molecular complexity index is 2770. The average molecular weight is 599 g/mol. The zero-order valence-corrected chi connectivity index (χ0v) is 26.3. The molecule has 0 N–H and O–H groups in total. The van der Waals surface area contributed by atoms with Crippen LogP contribution < -0.4 is 0 Å².